The Labute approximate surface area is 161 Å². The van der Waals surface area contributed by atoms with Crippen LogP contribution in [0.25, 0.3) is 39.5 Å². The molecule has 3 nitrogen and oxygen atoms in total. The quantitative estimate of drug-likeness (QED) is 0.390. The van der Waals surface area contributed by atoms with Crippen molar-refractivity contribution in [2.75, 3.05) is 0 Å². The number of aromatic nitrogens is 3. The predicted molar refractivity (Wildman–Crippen MR) is 112 cm³/mol. The molecule has 0 fully saturated rings. The van der Waals surface area contributed by atoms with Gasteiger partial charge in [0.25, 0.3) is 0 Å². The Morgan fingerprint density at radius 3 is 2.29 bits per heavy atom. The highest BCUT2D eigenvalue weighted by Gasteiger charge is 2.15. The average molecular weight is 365 g/mol. The molecule has 2 aromatic heterocycles. The van der Waals surface area contributed by atoms with E-state index in [0.717, 1.165) is 27.2 Å². The van der Waals surface area contributed by atoms with Crippen LogP contribution in [0.2, 0.25) is 0 Å². The Hall–Kier alpha value is -3.79. The van der Waals surface area contributed by atoms with Crippen molar-refractivity contribution in [1.82, 2.24) is 14.5 Å². The van der Waals surface area contributed by atoms with Crippen molar-refractivity contribution < 1.29 is 4.39 Å². The smallest absolute Gasteiger partial charge is 0.234 e. The van der Waals surface area contributed by atoms with E-state index in [-0.39, 0.29) is 5.83 Å². The monoisotopic (exact) mass is 365 g/mol. The second-order valence-corrected chi connectivity index (χ2v) is 6.57. The van der Waals surface area contributed by atoms with Gasteiger partial charge in [0.1, 0.15) is 5.83 Å². The second-order valence-electron chi connectivity index (χ2n) is 6.57. The van der Waals surface area contributed by atoms with E-state index in [2.05, 4.69) is 9.97 Å². The van der Waals surface area contributed by atoms with Crippen molar-refractivity contribution in [3.8, 4) is 5.95 Å². The minimum atomic E-state index is -0.334. The molecule has 0 aliphatic rings. The largest absolute Gasteiger partial charge is 0.276 e. The Kier molecular flexibility index (Phi) is 3.95. The molecule has 28 heavy (non-hydrogen) atoms. The number of hydrogen-bond donors (Lipinski definition) is 0. The molecule has 0 saturated heterocycles. The molecule has 4 heteroatoms. The van der Waals surface area contributed by atoms with E-state index in [0.29, 0.717) is 11.6 Å². The zero-order valence-corrected chi connectivity index (χ0v) is 15.0. The zero-order chi connectivity index (χ0) is 18.9. The Bertz CT molecular complexity index is 1320. The van der Waals surface area contributed by atoms with Gasteiger partial charge in [0.15, 0.2) is 0 Å². The number of rotatable bonds is 3. The summed E-state index contributed by atoms with van der Waals surface area (Å²) in [6.07, 6.45) is 4.87. The first-order valence-electron chi connectivity index (χ1n) is 9.04. The van der Waals surface area contributed by atoms with Crippen LogP contribution in [0, 0.1) is 0 Å². The standard InChI is InChI=1S/C24H16FN3/c25-21(15-17-10-11-18-6-1-2-7-19(18)14-17)23-16-20-8-3-4-9-22(20)28(23)24-26-12-5-13-27-24/h1-16H/b21-15-. The summed E-state index contributed by atoms with van der Waals surface area (Å²) in [5.41, 5.74) is 2.10. The van der Waals surface area contributed by atoms with Gasteiger partial charge in [0, 0.05) is 17.8 Å². The number of fused-ring (bicyclic) bond motifs is 2. The van der Waals surface area contributed by atoms with Crippen LogP contribution < -0.4 is 0 Å². The Balaban J connectivity index is 1.68. The summed E-state index contributed by atoms with van der Waals surface area (Å²) in [5.74, 6) is 0.111. The molecule has 0 N–H and O–H groups in total. The first-order valence-corrected chi connectivity index (χ1v) is 9.04. The lowest BCUT2D eigenvalue weighted by Crippen LogP contribution is -2.03. The maximum absolute atomic E-state index is 15.4. The summed E-state index contributed by atoms with van der Waals surface area (Å²) in [6, 6.07) is 25.3. The predicted octanol–water partition coefficient (Wildman–Crippen LogP) is 6.04. The molecule has 0 unspecified atom stereocenters. The minimum absolute atomic E-state index is 0.334. The van der Waals surface area contributed by atoms with Gasteiger partial charge in [-0.05, 0) is 46.7 Å². The summed E-state index contributed by atoms with van der Waals surface area (Å²) in [5, 5.41) is 3.15. The lowest BCUT2D eigenvalue weighted by atomic mass is 10.1. The molecule has 0 saturated carbocycles. The number of halogens is 1. The van der Waals surface area contributed by atoms with E-state index < -0.39 is 0 Å². The van der Waals surface area contributed by atoms with Gasteiger partial charge < -0.3 is 0 Å². The van der Waals surface area contributed by atoms with E-state index in [1.807, 2.05) is 72.8 Å². The van der Waals surface area contributed by atoms with Gasteiger partial charge in [-0.25, -0.2) is 14.4 Å². The fourth-order valence-electron chi connectivity index (χ4n) is 3.47. The van der Waals surface area contributed by atoms with Gasteiger partial charge in [-0.2, -0.15) is 0 Å². The van der Waals surface area contributed by atoms with Crippen LogP contribution in [0.15, 0.2) is 91.3 Å². The first-order chi connectivity index (χ1) is 13.8. The van der Waals surface area contributed by atoms with Crippen LogP contribution in [0.3, 0.4) is 0 Å². The summed E-state index contributed by atoms with van der Waals surface area (Å²) >= 11 is 0. The molecular formula is C24H16FN3. The molecule has 0 aliphatic heterocycles. The van der Waals surface area contributed by atoms with Crippen molar-refractivity contribution in [3.05, 3.63) is 103 Å². The number of nitrogens with zero attached hydrogens (tertiary/aromatic N) is 3. The van der Waals surface area contributed by atoms with Gasteiger partial charge in [-0.1, -0.05) is 54.6 Å². The molecule has 0 bridgehead atoms. The molecule has 134 valence electrons. The third kappa shape index (κ3) is 2.85. The highest BCUT2D eigenvalue weighted by molar-refractivity contribution is 5.91. The van der Waals surface area contributed by atoms with Crippen molar-refractivity contribution in [2.24, 2.45) is 0 Å². The third-order valence-corrected chi connectivity index (χ3v) is 4.77. The minimum Gasteiger partial charge on any atom is -0.276 e. The van der Waals surface area contributed by atoms with Crippen molar-refractivity contribution in [2.45, 2.75) is 0 Å². The molecular weight excluding hydrogens is 349 g/mol. The van der Waals surface area contributed by atoms with E-state index in [9.17, 15) is 0 Å². The van der Waals surface area contributed by atoms with Gasteiger partial charge in [-0.15, -0.1) is 0 Å². The van der Waals surface area contributed by atoms with Crippen LogP contribution in [0.1, 0.15) is 11.3 Å². The van der Waals surface area contributed by atoms with E-state index >= 15 is 4.39 Å². The van der Waals surface area contributed by atoms with Gasteiger partial charge in [0.05, 0.1) is 11.2 Å². The maximum atomic E-state index is 15.4. The molecule has 0 spiro atoms. The second kappa shape index (κ2) is 6.74. The average Bonchev–Trinajstić information content (AvgIpc) is 3.14. The molecule has 0 atom stereocenters. The zero-order valence-electron chi connectivity index (χ0n) is 15.0. The molecule has 5 aromatic rings. The third-order valence-electron chi connectivity index (χ3n) is 4.77. The van der Waals surface area contributed by atoms with Crippen molar-refractivity contribution in [1.29, 1.82) is 0 Å². The topological polar surface area (TPSA) is 30.7 Å². The normalized spacial score (nSPS) is 12.0. The summed E-state index contributed by atoms with van der Waals surface area (Å²) < 4.78 is 17.1. The van der Waals surface area contributed by atoms with E-state index in [4.69, 9.17) is 0 Å². The van der Waals surface area contributed by atoms with Crippen LogP contribution in [0.5, 0.6) is 0 Å². The van der Waals surface area contributed by atoms with Crippen molar-refractivity contribution in [3.63, 3.8) is 0 Å². The van der Waals surface area contributed by atoms with Gasteiger partial charge in [-0.3, -0.25) is 4.57 Å². The highest BCUT2D eigenvalue weighted by atomic mass is 19.1. The fourth-order valence-corrected chi connectivity index (χ4v) is 3.47. The lowest BCUT2D eigenvalue weighted by Gasteiger charge is -2.07. The highest BCUT2D eigenvalue weighted by Crippen LogP contribution is 2.30. The van der Waals surface area contributed by atoms with E-state index in [1.54, 1.807) is 29.1 Å². The molecule has 0 amide bonds. The lowest BCUT2D eigenvalue weighted by molar-refractivity contribution is 0.748. The number of para-hydroxylation sites is 1. The van der Waals surface area contributed by atoms with Gasteiger partial charge in [0.2, 0.25) is 5.95 Å². The SMILES string of the molecule is F/C(=C\c1ccc2ccccc2c1)c1cc2ccccc2n1-c1ncccn1. The Morgan fingerprint density at radius 2 is 1.46 bits per heavy atom. The van der Waals surface area contributed by atoms with Crippen LogP contribution in [0.4, 0.5) is 4.39 Å². The first kappa shape index (κ1) is 16.4. The molecule has 3 aromatic carbocycles. The van der Waals surface area contributed by atoms with Gasteiger partial charge >= 0.3 is 0 Å². The van der Waals surface area contributed by atoms with Crippen LogP contribution in [-0.4, -0.2) is 14.5 Å². The van der Waals surface area contributed by atoms with Crippen molar-refractivity contribution >= 4 is 33.6 Å². The molecule has 0 aliphatic carbocycles. The number of hydrogen-bond acceptors (Lipinski definition) is 2. The molecule has 2 heterocycles. The summed E-state index contributed by atoms with van der Waals surface area (Å²) in [4.78, 5) is 8.64. The fraction of sp³-hybridized carbons (Fsp3) is 0. The summed E-state index contributed by atoms with van der Waals surface area (Å²) in [7, 11) is 0. The maximum Gasteiger partial charge on any atom is 0.234 e. The number of benzene rings is 3. The summed E-state index contributed by atoms with van der Waals surface area (Å²) in [6.45, 7) is 0. The Morgan fingerprint density at radius 1 is 0.750 bits per heavy atom. The molecule has 0 radical (unpaired) electrons. The van der Waals surface area contributed by atoms with Crippen LogP contribution >= 0.6 is 0 Å². The van der Waals surface area contributed by atoms with Crippen LogP contribution in [-0.2, 0) is 0 Å². The van der Waals surface area contributed by atoms with E-state index in [1.165, 1.54) is 0 Å². The molecule has 5 rings (SSSR count).